The van der Waals surface area contributed by atoms with Gasteiger partial charge in [-0.1, -0.05) is 47.6 Å². The van der Waals surface area contributed by atoms with E-state index in [2.05, 4.69) is 11.7 Å². The summed E-state index contributed by atoms with van der Waals surface area (Å²) in [5.41, 5.74) is 1.77. The van der Waals surface area contributed by atoms with E-state index >= 15 is 0 Å². The minimum atomic E-state index is -1.08. The van der Waals surface area contributed by atoms with E-state index in [0.717, 1.165) is 16.3 Å². The van der Waals surface area contributed by atoms with Gasteiger partial charge < -0.3 is 9.84 Å². The van der Waals surface area contributed by atoms with Gasteiger partial charge in [0, 0.05) is 17.5 Å². The third kappa shape index (κ3) is 3.88. The third-order valence-electron chi connectivity index (χ3n) is 3.26. The molecule has 0 saturated heterocycles. The predicted octanol–water partition coefficient (Wildman–Crippen LogP) is 4.68. The lowest BCUT2D eigenvalue weighted by molar-refractivity contribution is -0.144. The van der Waals surface area contributed by atoms with Crippen LogP contribution in [0.2, 0.25) is 10.0 Å². The number of ether oxygens (including phenoxy) is 1. The summed E-state index contributed by atoms with van der Waals surface area (Å²) in [6, 6.07) is 3.16. The number of nitrogens with zero attached hydrogens (tertiary/aromatic N) is 2. The van der Waals surface area contributed by atoms with Crippen LogP contribution in [0.25, 0.3) is 6.08 Å². The van der Waals surface area contributed by atoms with E-state index < -0.39 is 12.1 Å². The summed E-state index contributed by atoms with van der Waals surface area (Å²) in [5.74, 6) is -0.816. The Labute approximate surface area is 154 Å². The van der Waals surface area contributed by atoms with Crippen molar-refractivity contribution in [2.75, 3.05) is 0 Å². The van der Waals surface area contributed by atoms with Crippen LogP contribution in [-0.4, -0.2) is 27.0 Å². The van der Waals surface area contributed by atoms with Gasteiger partial charge in [0.05, 0.1) is 15.7 Å². The molecule has 1 aromatic heterocycles. The van der Waals surface area contributed by atoms with Gasteiger partial charge in [-0.15, -0.1) is 0 Å². The molecule has 1 aromatic carbocycles. The molecule has 1 heterocycles. The van der Waals surface area contributed by atoms with Crippen LogP contribution in [-0.2, 0) is 11.8 Å². The lowest BCUT2D eigenvalue weighted by atomic mass is 10.3. The first-order chi connectivity index (χ1) is 11.2. The zero-order chi connectivity index (χ0) is 18.0. The molecule has 0 radical (unpaired) electrons. The first kappa shape index (κ1) is 18.7. The number of hydrogen-bond acceptors (Lipinski definition) is 4. The van der Waals surface area contributed by atoms with Crippen LogP contribution in [0.15, 0.2) is 28.6 Å². The molecule has 2 rings (SSSR count). The number of benzene rings is 1. The highest BCUT2D eigenvalue weighted by Crippen LogP contribution is 2.41. The topological polar surface area (TPSA) is 64.4 Å². The Hall–Kier alpha value is -1.63. The molecule has 0 saturated carbocycles. The van der Waals surface area contributed by atoms with Crippen molar-refractivity contribution >= 4 is 47.0 Å². The van der Waals surface area contributed by atoms with Crippen LogP contribution >= 0.6 is 35.0 Å². The predicted molar refractivity (Wildman–Crippen MR) is 96.3 cm³/mol. The number of carboxylic acid groups (broad SMARTS) is 1. The monoisotopic (exact) mass is 386 g/mol. The maximum Gasteiger partial charge on any atom is 0.344 e. The molecule has 8 heteroatoms. The molecule has 0 aliphatic rings. The Balaban J connectivity index is 2.41. The SMILES string of the molecule is C=Cc1c(C)nn(C)c1Sc1cc(O[C@@H](C)C(=O)O)c(Cl)cc1Cl. The van der Waals surface area contributed by atoms with E-state index in [1.165, 1.54) is 24.8 Å². The number of aryl methyl sites for hydroxylation is 2. The summed E-state index contributed by atoms with van der Waals surface area (Å²) in [6.07, 6.45) is 0.711. The van der Waals surface area contributed by atoms with Gasteiger partial charge in [-0.2, -0.15) is 5.10 Å². The summed E-state index contributed by atoms with van der Waals surface area (Å²) in [5, 5.41) is 14.9. The van der Waals surface area contributed by atoms with E-state index in [0.29, 0.717) is 9.92 Å². The summed E-state index contributed by atoms with van der Waals surface area (Å²) < 4.78 is 7.12. The zero-order valence-corrected chi connectivity index (χ0v) is 15.7. The van der Waals surface area contributed by atoms with Crippen LogP contribution < -0.4 is 4.74 Å². The van der Waals surface area contributed by atoms with Crippen molar-refractivity contribution in [3.8, 4) is 5.75 Å². The largest absolute Gasteiger partial charge is 0.479 e. The van der Waals surface area contributed by atoms with Crippen LogP contribution in [0, 0.1) is 6.92 Å². The maximum absolute atomic E-state index is 11.0. The van der Waals surface area contributed by atoms with Crippen molar-refractivity contribution in [1.29, 1.82) is 0 Å². The number of carbonyl (C=O) groups is 1. The summed E-state index contributed by atoms with van der Waals surface area (Å²) in [7, 11) is 1.83. The molecule has 0 aliphatic heterocycles. The van der Waals surface area contributed by atoms with E-state index in [9.17, 15) is 4.79 Å². The number of aromatic nitrogens is 2. The molecule has 5 nitrogen and oxygen atoms in total. The van der Waals surface area contributed by atoms with Gasteiger partial charge in [0.1, 0.15) is 10.8 Å². The number of halogens is 2. The molecular weight excluding hydrogens is 371 g/mol. The van der Waals surface area contributed by atoms with Crippen LogP contribution in [0.1, 0.15) is 18.2 Å². The van der Waals surface area contributed by atoms with Crippen molar-refractivity contribution < 1.29 is 14.6 Å². The van der Waals surface area contributed by atoms with E-state index in [-0.39, 0.29) is 10.8 Å². The lowest BCUT2D eigenvalue weighted by Crippen LogP contribution is -2.23. The summed E-state index contributed by atoms with van der Waals surface area (Å²) in [6.45, 7) is 7.14. The van der Waals surface area contributed by atoms with Gasteiger partial charge in [-0.05, 0) is 26.0 Å². The molecule has 128 valence electrons. The molecule has 1 N–H and O–H groups in total. The summed E-state index contributed by atoms with van der Waals surface area (Å²) in [4.78, 5) is 11.6. The Morgan fingerprint density at radius 3 is 2.71 bits per heavy atom. The third-order valence-corrected chi connectivity index (χ3v) is 5.22. The van der Waals surface area contributed by atoms with Crippen LogP contribution in [0.3, 0.4) is 0 Å². The first-order valence-corrected chi connectivity index (χ1v) is 8.54. The van der Waals surface area contributed by atoms with E-state index in [1.807, 2.05) is 14.0 Å². The van der Waals surface area contributed by atoms with Gasteiger partial charge >= 0.3 is 5.97 Å². The quantitative estimate of drug-likeness (QED) is 0.780. The fourth-order valence-electron chi connectivity index (χ4n) is 2.03. The van der Waals surface area contributed by atoms with Crippen molar-refractivity contribution in [2.45, 2.75) is 29.9 Å². The Morgan fingerprint density at radius 2 is 2.12 bits per heavy atom. The number of carboxylic acids is 1. The van der Waals surface area contributed by atoms with Gasteiger partial charge in [-0.3, -0.25) is 4.68 Å². The fourth-order valence-corrected chi connectivity index (χ4v) is 3.62. The molecule has 1 atom stereocenters. The molecule has 0 fully saturated rings. The second-order valence-electron chi connectivity index (χ2n) is 5.05. The standard InChI is InChI=1S/C16H16Cl2N2O3S/c1-5-10-8(2)19-20(4)15(10)24-14-7-13(11(17)6-12(14)18)23-9(3)16(21)22/h5-7,9H,1H2,2-4H3,(H,21,22)/t9-/m0/s1. The number of rotatable bonds is 6. The Bertz CT molecular complexity index is 805. The Kier molecular flexibility index (Phi) is 5.85. The average molecular weight is 387 g/mol. The highest BCUT2D eigenvalue weighted by atomic mass is 35.5. The van der Waals surface area contributed by atoms with Gasteiger partial charge in [0.25, 0.3) is 0 Å². The first-order valence-electron chi connectivity index (χ1n) is 6.97. The lowest BCUT2D eigenvalue weighted by Gasteiger charge is -2.14. The smallest absolute Gasteiger partial charge is 0.344 e. The van der Waals surface area contributed by atoms with Crippen molar-refractivity contribution in [3.63, 3.8) is 0 Å². The van der Waals surface area contributed by atoms with Gasteiger partial charge in [0.15, 0.2) is 6.10 Å². The average Bonchev–Trinajstić information content (AvgIpc) is 2.77. The zero-order valence-electron chi connectivity index (χ0n) is 13.3. The molecule has 0 aliphatic carbocycles. The Morgan fingerprint density at radius 1 is 1.46 bits per heavy atom. The molecule has 0 bridgehead atoms. The molecule has 0 spiro atoms. The normalized spacial score (nSPS) is 12.0. The molecule has 2 aromatic rings. The van der Waals surface area contributed by atoms with Crippen LogP contribution in [0.5, 0.6) is 5.75 Å². The fraction of sp³-hybridized carbons (Fsp3) is 0.250. The van der Waals surface area contributed by atoms with Gasteiger partial charge in [0.2, 0.25) is 0 Å². The second kappa shape index (κ2) is 7.51. The van der Waals surface area contributed by atoms with Crippen LogP contribution in [0.4, 0.5) is 0 Å². The number of aliphatic carboxylic acids is 1. The van der Waals surface area contributed by atoms with Crippen molar-refractivity contribution in [1.82, 2.24) is 9.78 Å². The second-order valence-corrected chi connectivity index (χ2v) is 6.89. The van der Waals surface area contributed by atoms with Gasteiger partial charge in [-0.25, -0.2) is 4.79 Å². The van der Waals surface area contributed by atoms with E-state index in [4.69, 9.17) is 33.0 Å². The molecule has 24 heavy (non-hydrogen) atoms. The highest BCUT2D eigenvalue weighted by molar-refractivity contribution is 7.99. The maximum atomic E-state index is 11.0. The summed E-state index contributed by atoms with van der Waals surface area (Å²) >= 11 is 13.8. The minimum absolute atomic E-state index is 0.252. The number of hydrogen-bond donors (Lipinski definition) is 1. The molecule has 0 amide bonds. The van der Waals surface area contributed by atoms with Crippen molar-refractivity contribution in [2.24, 2.45) is 7.05 Å². The minimum Gasteiger partial charge on any atom is -0.479 e. The van der Waals surface area contributed by atoms with Crippen molar-refractivity contribution in [3.05, 3.63) is 40.0 Å². The highest BCUT2D eigenvalue weighted by Gasteiger charge is 2.19. The van der Waals surface area contributed by atoms with E-state index in [1.54, 1.807) is 16.8 Å². The molecular formula is C16H16Cl2N2O3S. The molecule has 0 unspecified atom stereocenters.